The summed E-state index contributed by atoms with van der Waals surface area (Å²) in [6, 6.07) is 11.7. The number of benzene rings is 2. The lowest BCUT2D eigenvalue weighted by Crippen LogP contribution is -2.41. The van der Waals surface area contributed by atoms with Crippen LogP contribution in [-0.2, 0) is 33.8 Å². The van der Waals surface area contributed by atoms with E-state index in [-0.39, 0.29) is 35.3 Å². The number of amides is 3. The first-order valence-electron chi connectivity index (χ1n) is 14.0. The van der Waals surface area contributed by atoms with E-state index in [4.69, 9.17) is 4.74 Å². The second kappa shape index (κ2) is 12.2. The standard InChI is InChI=1S/C31H37N3O5/c1-20-16-25(7-8-26(20)19-34-12-14-39-15-13-34)30(37)32-18-21-2-10-27-24(17-21)6-4-22(29(27)36)3-5-23-9-11-28(35)33-31(23)38/h2,7-8,10,16-17,22-23H,3-6,9,11-15,18-19H2,1H3,(H,32,37)(H,33,35,38). The smallest absolute Gasteiger partial charge is 0.251 e. The van der Waals surface area contributed by atoms with Gasteiger partial charge >= 0.3 is 0 Å². The molecule has 3 aliphatic rings. The predicted octanol–water partition coefficient (Wildman–Crippen LogP) is 3.34. The summed E-state index contributed by atoms with van der Waals surface area (Å²) in [5, 5.41) is 5.42. The van der Waals surface area contributed by atoms with Gasteiger partial charge in [0.1, 0.15) is 0 Å². The summed E-state index contributed by atoms with van der Waals surface area (Å²) < 4.78 is 5.43. The number of piperidine rings is 1. The second-order valence-corrected chi connectivity index (χ2v) is 11.0. The van der Waals surface area contributed by atoms with Gasteiger partial charge in [0.25, 0.3) is 5.91 Å². The van der Waals surface area contributed by atoms with Crippen LogP contribution in [0.25, 0.3) is 0 Å². The maximum Gasteiger partial charge on any atom is 0.251 e. The minimum atomic E-state index is -0.210. The van der Waals surface area contributed by atoms with Crippen LogP contribution in [0.1, 0.15) is 75.1 Å². The molecule has 2 fully saturated rings. The molecule has 39 heavy (non-hydrogen) atoms. The summed E-state index contributed by atoms with van der Waals surface area (Å²) in [5.41, 5.74) is 5.71. The molecule has 3 amide bonds. The van der Waals surface area contributed by atoms with Crippen LogP contribution in [0.2, 0.25) is 0 Å². The number of hydrogen-bond donors (Lipinski definition) is 2. The number of aryl methyl sites for hydroxylation is 2. The Kier molecular flexibility index (Phi) is 8.53. The van der Waals surface area contributed by atoms with Gasteiger partial charge in [0.15, 0.2) is 5.78 Å². The lowest BCUT2D eigenvalue weighted by atomic mass is 9.78. The van der Waals surface area contributed by atoms with Gasteiger partial charge in [-0.05, 0) is 73.4 Å². The Labute approximate surface area is 229 Å². The summed E-state index contributed by atoms with van der Waals surface area (Å²) in [4.78, 5) is 51.8. The van der Waals surface area contributed by atoms with Gasteiger partial charge in [-0.1, -0.05) is 24.3 Å². The summed E-state index contributed by atoms with van der Waals surface area (Å²) in [5.74, 6) is -0.681. The Morgan fingerprint density at radius 1 is 1.00 bits per heavy atom. The van der Waals surface area contributed by atoms with Crippen molar-refractivity contribution in [3.63, 3.8) is 0 Å². The highest BCUT2D eigenvalue weighted by Crippen LogP contribution is 2.31. The number of fused-ring (bicyclic) bond motifs is 1. The fourth-order valence-electron chi connectivity index (χ4n) is 5.88. The third-order valence-corrected chi connectivity index (χ3v) is 8.34. The van der Waals surface area contributed by atoms with E-state index >= 15 is 0 Å². The SMILES string of the molecule is Cc1cc(C(=O)NCc2ccc3c(c2)CCC(CCC2CCC(=O)NC2=O)C3=O)ccc1CN1CCOCC1. The van der Waals surface area contributed by atoms with Crippen molar-refractivity contribution < 1.29 is 23.9 Å². The van der Waals surface area contributed by atoms with E-state index in [9.17, 15) is 19.2 Å². The van der Waals surface area contributed by atoms with Crippen molar-refractivity contribution in [1.29, 1.82) is 0 Å². The zero-order valence-corrected chi connectivity index (χ0v) is 22.6. The first-order chi connectivity index (χ1) is 18.9. The number of nitrogens with one attached hydrogen (secondary N) is 2. The summed E-state index contributed by atoms with van der Waals surface area (Å²) >= 11 is 0. The van der Waals surface area contributed by atoms with Gasteiger partial charge < -0.3 is 10.1 Å². The molecular weight excluding hydrogens is 494 g/mol. The van der Waals surface area contributed by atoms with E-state index in [1.165, 1.54) is 5.56 Å². The number of carbonyl (C=O) groups is 4. The van der Waals surface area contributed by atoms with Gasteiger partial charge in [0.05, 0.1) is 13.2 Å². The molecule has 2 aromatic carbocycles. The highest BCUT2D eigenvalue weighted by molar-refractivity contribution is 6.01. The van der Waals surface area contributed by atoms with E-state index < -0.39 is 0 Å². The average molecular weight is 532 g/mol. The monoisotopic (exact) mass is 531 g/mol. The molecule has 8 nitrogen and oxygen atoms in total. The number of carbonyl (C=O) groups excluding carboxylic acids is 4. The number of ether oxygens (including phenoxy) is 1. The van der Waals surface area contributed by atoms with Gasteiger partial charge in [-0.25, -0.2) is 0 Å². The number of hydrogen-bond acceptors (Lipinski definition) is 6. The van der Waals surface area contributed by atoms with Crippen LogP contribution in [0, 0.1) is 18.8 Å². The van der Waals surface area contributed by atoms with Gasteiger partial charge in [-0.2, -0.15) is 0 Å². The molecule has 0 saturated carbocycles. The molecule has 0 spiro atoms. The zero-order valence-electron chi connectivity index (χ0n) is 22.6. The molecule has 2 N–H and O–H groups in total. The number of nitrogens with zero attached hydrogens (tertiary/aromatic N) is 1. The minimum Gasteiger partial charge on any atom is -0.379 e. The molecule has 1 aliphatic carbocycles. The first kappa shape index (κ1) is 27.2. The van der Waals surface area contributed by atoms with Crippen molar-refractivity contribution in [3.05, 3.63) is 69.8 Å². The normalized spacial score (nSPS) is 21.8. The van der Waals surface area contributed by atoms with Crippen LogP contribution in [0.15, 0.2) is 36.4 Å². The Bertz CT molecular complexity index is 1270. The number of imide groups is 1. The maximum absolute atomic E-state index is 13.1. The third-order valence-electron chi connectivity index (χ3n) is 8.34. The molecule has 0 aromatic heterocycles. The minimum absolute atomic E-state index is 0.0945. The topological polar surface area (TPSA) is 105 Å². The molecule has 0 radical (unpaired) electrons. The van der Waals surface area contributed by atoms with E-state index in [2.05, 4.69) is 15.5 Å². The molecule has 2 aromatic rings. The highest BCUT2D eigenvalue weighted by atomic mass is 16.5. The van der Waals surface area contributed by atoms with Crippen molar-refractivity contribution in [2.75, 3.05) is 26.3 Å². The zero-order chi connectivity index (χ0) is 27.4. The summed E-state index contributed by atoms with van der Waals surface area (Å²) in [6.07, 6.45) is 3.78. The lowest BCUT2D eigenvalue weighted by Gasteiger charge is -2.27. The van der Waals surface area contributed by atoms with E-state index in [1.807, 2.05) is 43.3 Å². The molecule has 206 valence electrons. The fourth-order valence-corrected chi connectivity index (χ4v) is 5.88. The Hall–Kier alpha value is -3.36. The molecule has 2 unspecified atom stereocenters. The van der Waals surface area contributed by atoms with Crippen LogP contribution in [-0.4, -0.2) is 54.7 Å². The molecular formula is C31H37N3O5. The van der Waals surface area contributed by atoms with E-state index in [0.29, 0.717) is 37.8 Å². The highest BCUT2D eigenvalue weighted by Gasteiger charge is 2.31. The number of rotatable bonds is 8. The van der Waals surface area contributed by atoms with Gasteiger partial charge in [-0.3, -0.25) is 29.4 Å². The van der Waals surface area contributed by atoms with Gasteiger partial charge in [0, 0.05) is 55.6 Å². The quantitative estimate of drug-likeness (QED) is 0.507. The molecule has 2 atom stereocenters. The van der Waals surface area contributed by atoms with Crippen molar-refractivity contribution >= 4 is 23.5 Å². The van der Waals surface area contributed by atoms with Crippen molar-refractivity contribution in [2.45, 2.75) is 58.5 Å². The van der Waals surface area contributed by atoms with E-state index in [0.717, 1.165) is 67.9 Å². The number of morpholine rings is 1. The average Bonchev–Trinajstić information content (AvgIpc) is 2.94. The molecule has 5 rings (SSSR count). The molecule has 2 saturated heterocycles. The third kappa shape index (κ3) is 6.62. The molecule has 2 aliphatic heterocycles. The largest absolute Gasteiger partial charge is 0.379 e. The van der Waals surface area contributed by atoms with Crippen molar-refractivity contribution in [2.24, 2.45) is 11.8 Å². The van der Waals surface area contributed by atoms with Crippen molar-refractivity contribution in [1.82, 2.24) is 15.5 Å². The number of Topliss-reactive ketones (excluding diaryl/α,β-unsaturated/α-hetero) is 1. The maximum atomic E-state index is 13.1. The Balaban J connectivity index is 1.13. The Morgan fingerprint density at radius 3 is 2.54 bits per heavy atom. The van der Waals surface area contributed by atoms with Crippen LogP contribution >= 0.6 is 0 Å². The van der Waals surface area contributed by atoms with Crippen LogP contribution in [0.5, 0.6) is 0 Å². The lowest BCUT2D eigenvalue weighted by molar-refractivity contribution is -0.136. The van der Waals surface area contributed by atoms with Crippen LogP contribution in [0.4, 0.5) is 0 Å². The molecule has 2 heterocycles. The van der Waals surface area contributed by atoms with Crippen LogP contribution in [0.3, 0.4) is 0 Å². The fraction of sp³-hybridized carbons (Fsp3) is 0.484. The second-order valence-electron chi connectivity index (χ2n) is 11.0. The van der Waals surface area contributed by atoms with Gasteiger partial charge in [-0.15, -0.1) is 0 Å². The Morgan fingerprint density at radius 2 is 1.77 bits per heavy atom. The summed E-state index contributed by atoms with van der Waals surface area (Å²) in [7, 11) is 0. The van der Waals surface area contributed by atoms with Crippen molar-refractivity contribution in [3.8, 4) is 0 Å². The van der Waals surface area contributed by atoms with Gasteiger partial charge in [0.2, 0.25) is 11.8 Å². The predicted molar refractivity (Wildman–Crippen MR) is 146 cm³/mol. The first-order valence-corrected chi connectivity index (χ1v) is 14.0. The summed E-state index contributed by atoms with van der Waals surface area (Å²) in [6.45, 7) is 6.69. The molecule has 0 bridgehead atoms. The van der Waals surface area contributed by atoms with E-state index in [1.54, 1.807) is 0 Å². The van der Waals surface area contributed by atoms with Crippen LogP contribution < -0.4 is 10.6 Å². The number of ketones is 1. The molecule has 8 heteroatoms.